The van der Waals surface area contributed by atoms with Crippen molar-refractivity contribution in [1.29, 1.82) is 0 Å². The smallest absolute Gasteiger partial charge is 0.262 e. The number of morpholine rings is 1. The Balaban J connectivity index is 1.48. The summed E-state index contributed by atoms with van der Waals surface area (Å²) in [6, 6.07) is 7.02. The molecule has 0 spiro atoms. The lowest BCUT2D eigenvalue weighted by molar-refractivity contribution is -0.118. The molecule has 1 amide bonds. The Bertz CT molecular complexity index is 685. The van der Waals surface area contributed by atoms with Crippen LogP contribution in [0.2, 0.25) is 0 Å². The summed E-state index contributed by atoms with van der Waals surface area (Å²) in [6.45, 7) is 2.77. The van der Waals surface area contributed by atoms with Crippen molar-refractivity contribution in [3.8, 4) is 11.5 Å². The molecule has 8 heteroatoms. The summed E-state index contributed by atoms with van der Waals surface area (Å²) in [6.07, 6.45) is 3.17. The number of methoxy groups -OCH3 is 1. The molecular formula is C17H20N4O4. The molecule has 1 aromatic carbocycles. The lowest BCUT2D eigenvalue weighted by Crippen LogP contribution is -2.37. The van der Waals surface area contributed by atoms with Crippen LogP contribution in [0.25, 0.3) is 0 Å². The average molecular weight is 344 g/mol. The fraction of sp³-hybridized carbons (Fsp3) is 0.353. The number of hydrogen-bond donors (Lipinski definition) is 1. The number of nitrogens with zero attached hydrogens (tertiary/aromatic N) is 3. The zero-order valence-electron chi connectivity index (χ0n) is 14.0. The van der Waals surface area contributed by atoms with Crippen LogP contribution in [-0.4, -0.2) is 55.9 Å². The number of nitrogens with one attached hydrogen (secondary N) is 1. The molecule has 1 N–H and O–H groups in total. The lowest BCUT2D eigenvalue weighted by atomic mass is 10.3. The molecule has 1 aromatic heterocycles. The highest BCUT2D eigenvalue weighted by molar-refractivity contribution is 5.91. The van der Waals surface area contributed by atoms with Gasteiger partial charge >= 0.3 is 0 Å². The van der Waals surface area contributed by atoms with Crippen LogP contribution in [0.4, 0.5) is 11.6 Å². The van der Waals surface area contributed by atoms with Crippen LogP contribution in [0, 0.1) is 0 Å². The number of anilines is 2. The Kier molecular flexibility index (Phi) is 5.63. The largest absolute Gasteiger partial charge is 0.497 e. The zero-order chi connectivity index (χ0) is 17.5. The Hall–Kier alpha value is -2.87. The maximum absolute atomic E-state index is 12.0. The highest BCUT2D eigenvalue weighted by Gasteiger charge is 2.13. The second-order valence-electron chi connectivity index (χ2n) is 5.38. The van der Waals surface area contributed by atoms with Crippen LogP contribution >= 0.6 is 0 Å². The molecule has 1 fully saturated rings. The molecule has 0 bridgehead atoms. The first-order valence-corrected chi connectivity index (χ1v) is 7.96. The van der Waals surface area contributed by atoms with E-state index in [1.807, 2.05) is 4.90 Å². The summed E-state index contributed by atoms with van der Waals surface area (Å²) in [5.74, 6) is 1.68. The molecule has 0 unspecified atom stereocenters. The van der Waals surface area contributed by atoms with E-state index in [1.165, 1.54) is 0 Å². The van der Waals surface area contributed by atoms with Gasteiger partial charge in [0.05, 0.1) is 38.4 Å². The first-order chi connectivity index (χ1) is 12.2. The van der Waals surface area contributed by atoms with Crippen LogP contribution in [0.1, 0.15) is 0 Å². The van der Waals surface area contributed by atoms with Gasteiger partial charge in [-0.3, -0.25) is 4.79 Å². The van der Waals surface area contributed by atoms with Crippen molar-refractivity contribution in [1.82, 2.24) is 9.97 Å². The van der Waals surface area contributed by atoms with Crippen LogP contribution < -0.4 is 19.7 Å². The number of rotatable bonds is 6. The fourth-order valence-electron chi connectivity index (χ4n) is 2.33. The summed E-state index contributed by atoms with van der Waals surface area (Å²) in [5, 5.41) is 2.71. The van der Waals surface area contributed by atoms with E-state index in [9.17, 15) is 4.79 Å². The monoisotopic (exact) mass is 344 g/mol. The van der Waals surface area contributed by atoms with E-state index in [0.717, 1.165) is 18.8 Å². The summed E-state index contributed by atoms with van der Waals surface area (Å²) < 4.78 is 15.8. The van der Waals surface area contributed by atoms with Crippen molar-refractivity contribution in [2.45, 2.75) is 0 Å². The van der Waals surface area contributed by atoms with Crippen molar-refractivity contribution in [3.63, 3.8) is 0 Å². The Morgan fingerprint density at radius 1 is 1.16 bits per heavy atom. The molecule has 2 heterocycles. The van der Waals surface area contributed by atoms with E-state index in [2.05, 4.69) is 15.3 Å². The predicted octanol–water partition coefficient (Wildman–Crippen LogP) is 1.34. The van der Waals surface area contributed by atoms with Gasteiger partial charge in [-0.25, -0.2) is 9.97 Å². The van der Waals surface area contributed by atoms with Crippen LogP contribution in [0.15, 0.2) is 36.7 Å². The number of ether oxygens (including phenoxy) is 3. The lowest BCUT2D eigenvalue weighted by Gasteiger charge is -2.26. The first-order valence-electron chi connectivity index (χ1n) is 7.96. The minimum Gasteiger partial charge on any atom is -0.497 e. The van der Waals surface area contributed by atoms with Crippen LogP contribution in [0.5, 0.6) is 11.5 Å². The number of carbonyl (C=O) groups excluding carboxylic acids is 1. The number of carbonyl (C=O) groups is 1. The van der Waals surface area contributed by atoms with Crippen molar-refractivity contribution < 1.29 is 19.0 Å². The predicted molar refractivity (Wildman–Crippen MR) is 92.2 cm³/mol. The maximum Gasteiger partial charge on any atom is 0.262 e. The van der Waals surface area contributed by atoms with Gasteiger partial charge in [-0.1, -0.05) is 0 Å². The molecular weight excluding hydrogens is 324 g/mol. The Morgan fingerprint density at radius 2 is 1.80 bits per heavy atom. The Labute approximate surface area is 145 Å². The molecule has 0 aliphatic carbocycles. The Morgan fingerprint density at radius 3 is 2.44 bits per heavy atom. The van der Waals surface area contributed by atoms with Crippen molar-refractivity contribution in [3.05, 3.63) is 36.7 Å². The van der Waals surface area contributed by atoms with Gasteiger partial charge in [-0.15, -0.1) is 0 Å². The van der Waals surface area contributed by atoms with E-state index in [0.29, 0.717) is 30.6 Å². The summed E-state index contributed by atoms with van der Waals surface area (Å²) in [4.78, 5) is 22.6. The van der Waals surface area contributed by atoms with E-state index >= 15 is 0 Å². The molecule has 1 aliphatic heterocycles. The molecule has 0 saturated carbocycles. The van der Waals surface area contributed by atoms with E-state index in [4.69, 9.17) is 14.2 Å². The van der Waals surface area contributed by atoms with Gasteiger partial charge in [0.25, 0.3) is 5.91 Å². The van der Waals surface area contributed by atoms with E-state index < -0.39 is 0 Å². The van der Waals surface area contributed by atoms with Gasteiger partial charge in [-0.05, 0) is 24.3 Å². The number of benzene rings is 1. The number of amides is 1. The molecule has 1 aliphatic rings. The quantitative estimate of drug-likeness (QED) is 0.846. The third kappa shape index (κ3) is 4.80. The van der Waals surface area contributed by atoms with Gasteiger partial charge < -0.3 is 24.4 Å². The summed E-state index contributed by atoms with van der Waals surface area (Å²) >= 11 is 0. The molecule has 3 rings (SSSR count). The molecule has 0 radical (unpaired) electrons. The highest BCUT2D eigenvalue weighted by atomic mass is 16.5. The molecule has 0 atom stereocenters. The van der Waals surface area contributed by atoms with E-state index in [1.54, 1.807) is 43.8 Å². The third-order valence-electron chi connectivity index (χ3n) is 3.65. The van der Waals surface area contributed by atoms with Crippen molar-refractivity contribution >= 4 is 17.5 Å². The van der Waals surface area contributed by atoms with Crippen molar-refractivity contribution in [2.24, 2.45) is 0 Å². The number of aromatic nitrogens is 2. The summed E-state index contributed by atoms with van der Waals surface area (Å²) in [5.41, 5.74) is 0.528. The van der Waals surface area contributed by atoms with Gasteiger partial charge in [-0.2, -0.15) is 0 Å². The molecule has 2 aromatic rings. The maximum atomic E-state index is 12.0. The van der Waals surface area contributed by atoms with Crippen LogP contribution in [-0.2, 0) is 9.53 Å². The number of hydrogen-bond acceptors (Lipinski definition) is 7. The second-order valence-corrected chi connectivity index (χ2v) is 5.38. The topological polar surface area (TPSA) is 85.8 Å². The van der Waals surface area contributed by atoms with Gasteiger partial charge in [0.2, 0.25) is 5.95 Å². The van der Waals surface area contributed by atoms with Crippen molar-refractivity contribution in [2.75, 3.05) is 50.2 Å². The second kappa shape index (κ2) is 8.29. The van der Waals surface area contributed by atoms with Crippen LogP contribution in [0.3, 0.4) is 0 Å². The molecule has 8 nitrogen and oxygen atoms in total. The van der Waals surface area contributed by atoms with E-state index in [-0.39, 0.29) is 12.5 Å². The molecule has 1 saturated heterocycles. The first kappa shape index (κ1) is 17.0. The standard InChI is InChI=1S/C17H20N4O4/c1-23-14-2-4-15(5-3-14)25-12-16(22)20-13-10-18-17(19-11-13)21-6-8-24-9-7-21/h2-5,10-11H,6-9,12H2,1H3,(H,20,22). The fourth-order valence-corrected chi connectivity index (χ4v) is 2.33. The SMILES string of the molecule is COc1ccc(OCC(=O)Nc2cnc(N3CCOCC3)nc2)cc1. The minimum atomic E-state index is -0.279. The molecule has 25 heavy (non-hydrogen) atoms. The van der Waals surface area contributed by atoms with Gasteiger partial charge in [0.15, 0.2) is 6.61 Å². The highest BCUT2D eigenvalue weighted by Crippen LogP contribution is 2.17. The summed E-state index contributed by atoms with van der Waals surface area (Å²) in [7, 11) is 1.59. The van der Waals surface area contributed by atoms with Gasteiger partial charge in [0, 0.05) is 13.1 Å². The average Bonchev–Trinajstić information content (AvgIpc) is 2.68. The normalized spacial score (nSPS) is 14.0. The minimum absolute atomic E-state index is 0.0997. The zero-order valence-corrected chi connectivity index (χ0v) is 14.0. The third-order valence-corrected chi connectivity index (χ3v) is 3.65. The van der Waals surface area contributed by atoms with Gasteiger partial charge in [0.1, 0.15) is 11.5 Å². The molecule has 132 valence electrons.